The molecule has 0 aliphatic carbocycles. The van der Waals surface area contributed by atoms with E-state index in [4.69, 9.17) is 15.2 Å². The van der Waals surface area contributed by atoms with E-state index in [1.807, 2.05) is 47.8 Å². The maximum absolute atomic E-state index is 13.1. The molecule has 3 heterocycles. The molecule has 0 amide bonds. The molecule has 0 spiro atoms. The first-order chi connectivity index (χ1) is 17.1. The summed E-state index contributed by atoms with van der Waals surface area (Å²) in [5.74, 6) is -0.883. The SMILES string of the molecule is CCOC(=O)C1=C(CSc2nc(-c3ccccc3)ccc2C#N)OC(N)=C(C#N)C1c1cccs1. The number of hydrogen-bond donors (Lipinski definition) is 1. The minimum absolute atomic E-state index is 0.0546. The summed E-state index contributed by atoms with van der Waals surface area (Å²) in [5, 5.41) is 21.8. The average molecular weight is 501 g/mol. The van der Waals surface area contributed by atoms with Crippen molar-refractivity contribution >= 4 is 29.1 Å². The number of thioether (sulfide) groups is 1. The lowest BCUT2D eigenvalue weighted by Crippen LogP contribution is -2.26. The zero-order chi connectivity index (χ0) is 24.8. The molecule has 2 aromatic heterocycles. The monoisotopic (exact) mass is 500 g/mol. The molecular formula is C26H20N4O3S2. The summed E-state index contributed by atoms with van der Waals surface area (Å²) in [6.07, 6.45) is 0. The van der Waals surface area contributed by atoms with Gasteiger partial charge < -0.3 is 15.2 Å². The van der Waals surface area contributed by atoms with Crippen LogP contribution < -0.4 is 5.73 Å². The highest BCUT2D eigenvalue weighted by Crippen LogP contribution is 2.42. The fourth-order valence-electron chi connectivity index (χ4n) is 3.64. The van der Waals surface area contributed by atoms with Gasteiger partial charge in [0.15, 0.2) is 0 Å². The van der Waals surface area contributed by atoms with Crippen LogP contribution in [-0.4, -0.2) is 23.3 Å². The van der Waals surface area contributed by atoms with Crippen LogP contribution in [0.15, 0.2) is 87.8 Å². The molecule has 174 valence electrons. The van der Waals surface area contributed by atoms with E-state index >= 15 is 0 Å². The smallest absolute Gasteiger partial charge is 0.338 e. The molecule has 7 nitrogen and oxygen atoms in total. The van der Waals surface area contributed by atoms with Gasteiger partial charge in [-0.3, -0.25) is 0 Å². The molecule has 9 heteroatoms. The number of hydrogen-bond acceptors (Lipinski definition) is 9. The zero-order valence-electron chi connectivity index (χ0n) is 18.7. The standard InChI is InChI=1S/C26H20N4O3S2/c1-2-32-26(31)23-20(33-24(29)18(14-28)22(23)21-9-6-12-34-21)15-35-25-17(13-27)10-11-19(30-25)16-7-4-3-5-8-16/h3-12,22H,2,15,29H2,1H3. The maximum atomic E-state index is 13.1. The summed E-state index contributed by atoms with van der Waals surface area (Å²) < 4.78 is 11.1. The summed E-state index contributed by atoms with van der Waals surface area (Å²) in [6.45, 7) is 1.88. The molecule has 1 aliphatic rings. The third kappa shape index (κ3) is 5.07. The fraction of sp³-hybridized carbons (Fsp3) is 0.154. The zero-order valence-corrected chi connectivity index (χ0v) is 20.4. The van der Waals surface area contributed by atoms with E-state index in [1.54, 1.807) is 19.1 Å². The molecule has 0 radical (unpaired) electrons. The van der Waals surface area contributed by atoms with Crippen LogP contribution in [0.1, 0.15) is 23.3 Å². The highest BCUT2D eigenvalue weighted by molar-refractivity contribution is 7.99. The highest BCUT2D eigenvalue weighted by Gasteiger charge is 2.38. The Morgan fingerprint density at radius 3 is 2.63 bits per heavy atom. The number of nitrogens with two attached hydrogens (primary N) is 1. The second-order valence-electron chi connectivity index (χ2n) is 7.31. The van der Waals surface area contributed by atoms with Crippen molar-refractivity contribution in [3.05, 3.63) is 93.2 Å². The van der Waals surface area contributed by atoms with E-state index in [-0.39, 0.29) is 35.1 Å². The Labute approximate surface area is 211 Å². The minimum atomic E-state index is -0.692. The summed E-state index contributed by atoms with van der Waals surface area (Å²) in [7, 11) is 0. The molecule has 3 aromatic rings. The second kappa shape index (κ2) is 10.9. The third-order valence-corrected chi connectivity index (χ3v) is 7.14. The molecule has 1 atom stereocenters. The summed E-state index contributed by atoms with van der Waals surface area (Å²) >= 11 is 2.67. The van der Waals surface area contributed by atoms with Crippen LogP contribution in [0.2, 0.25) is 0 Å². The average Bonchev–Trinajstić information content (AvgIpc) is 3.42. The van der Waals surface area contributed by atoms with Crippen LogP contribution >= 0.6 is 23.1 Å². The first kappa shape index (κ1) is 24.1. The Morgan fingerprint density at radius 2 is 1.97 bits per heavy atom. The minimum Gasteiger partial charge on any atom is -0.463 e. The lowest BCUT2D eigenvalue weighted by molar-refractivity contribution is -0.139. The van der Waals surface area contributed by atoms with E-state index < -0.39 is 11.9 Å². The number of thiophene rings is 1. The predicted octanol–water partition coefficient (Wildman–Crippen LogP) is 5.10. The van der Waals surface area contributed by atoms with Gasteiger partial charge in [-0.25, -0.2) is 9.78 Å². The molecule has 35 heavy (non-hydrogen) atoms. The van der Waals surface area contributed by atoms with Crippen molar-refractivity contribution in [2.75, 3.05) is 12.4 Å². The van der Waals surface area contributed by atoms with E-state index in [2.05, 4.69) is 17.1 Å². The molecule has 4 rings (SSSR count). The van der Waals surface area contributed by atoms with Crippen LogP contribution in [0, 0.1) is 22.7 Å². The molecule has 1 aliphatic heterocycles. The van der Waals surface area contributed by atoms with E-state index in [0.717, 1.165) is 16.1 Å². The van der Waals surface area contributed by atoms with Crippen LogP contribution in [0.3, 0.4) is 0 Å². The molecule has 0 saturated heterocycles. The third-order valence-electron chi connectivity index (χ3n) is 5.21. The highest BCUT2D eigenvalue weighted by atomic mass is 32.2. The molecule has 1 aromatic carbocycles. The number of rotatable bonds is 7. The number of esters is 1. The number of aromatic nitrogens is 1. The Morgan fingerprint density at radius 1 is 1.17 bits per heavy atom. The number of allylic oxidation sites excluding steroid dienone is 1. The van der Waals surface area contributed by atoms with Gasteiger partial charge >= 0.3 is 5.97 Å². The topological polar surface area (TPSA) is 122 Å². The first-order valence-electron chi connectivity index (χ1n) is 10.7. The summed E-state index contributed by atoms with van der Waals surface area (Å²) in [5.41, 5.74) is 8.54. The Hall–Kier alpha value is -4.05. The largest absolute Gasteiger partial charge is 0.463 e. The van der Waals surface area contributed by atoms with Crippen molar-refractivity contribution in [2.24, 2.45) is 5.73 Å². The Bertz CT molecular complexity index is 1380. The number of ether oxygens (including phenoxy) is 2. The number of carbonyl (C=O) groups is 1. The predicted molar refractivity (Wildman–Crippen MR) is 134 cm³/mol. The number of carbonyl (C=O) groups excluding carboxylic acids is 1. The van der Waals surface area contributed by atoms with Gasteiger partial charge in [0.25, 0.3) is 0 Å². The maximum Gasteiger partial charge on any atom is 0.338 e. The molecule has 2 N–H and O–H groups in total. The Kier molecular flexibility index (Phi) is 7.51. The summed E-state index contributed by atoms with van der Waals surface area (Å²) in [6, 6.07) is 21.1. The van der Waals surface area contributed by atoms with Gasteiger partial charge in [-0.15, -0.1) is 11.3 Å². The molecular weight excluding hydrogens is 480 g/mol. The lowest BCUT2D eigenvalue weighted by Gasteiger charge is -2.27. The number of benzene rings is 1. The van der Waals surface area contributed by atoms with Crippen LogP contribution in [0.5, 0.6) is 0 Å². The fourth-order valence-corrected chi connectivity index (χ4v) is 5.39. The van der Waals surface area contributed by atoms with Gasteiger partial charge in [0, 0.05) is 10.4 Å². The van der Waals surface area contributed by atoms with E-state index in [0.29, 0.717) is 10.6 Å². The van der Waals surface area contributed by atoms with Gasteiger partial charge in [-0.1, -0.05) is 48.2 Å². The molecule has 0 bridgehead atoms. The molecule has 0 saturated carbocycles. The van der Waals surface area contributed by atoms with Crippen molar-refractivity contribution in [3.8, 4) is 23.4 Å². The van der Waals surface area contributed by atoms with Gasteiger partial charge in [0.05, 0.1) is 35.1 Å². The van der Waals surface area contributed by atoms with Crippen LogP contribution in [-0.2, 0) is 14.3 Å². The number of nitrogens with zero attached hydrogens (tertiary/aromatic N) is 3. The van der Waals surface area contributed by atoms with E-state index in [9.17, 15) is 15.3 Å². The summed E-state index contributed by atoms with van der Waals surface area (Å²) in [4.78, 5) is 18.5. The van der Waals surface area contributed by atoms with Crippen LogP contribution in [0.25, 0.3) is 11.3 Å². The van der Waals surface area contributed by atoms with Gasteiger partial charge in [-0.2, -0.15) is 10.5 Å². The molecule has 1 unspecified atom stereocenters. The number of pyridine rings is 1. The van der Waals surface area contributed by atoms with Crippen molar-refractivity contribution in [1.29, 1.82) is 10.5 Å². The van der Waals surface area contributed by atoms with Crippen molar-refractivity contribution < 1.29 is 14.3 Å². The number of nitriles is 2. The van der Waals surface area contributed by atoms with E-state index in [1.165, 1.54) is 23.1 Å². The van der Waals surface area contributed by atoms with Crippen LogP contribution in [0.4, 0.5) is 0 Å². The normalized spacial score (nSPS) is 15.2. The van der Waals surface area contributed by atoms with Crippen molar-refractivity contribution in [1.82, 2.24) is 4.98 Å². The van der Waals surface area contributed by atoms with Gasteiger partial charge in [-0.05, 0) is 30.5 Å². The molecule has 0 fully saturated rings. The first-order valence-corrected chi connectivity index (χ1v) is 12.5. The second-order valence-corrected chi connectivity index (χ2v) is 9.26. The van der Waals surface area contributed by atoms with Gasteiger partial charge in [0.2, 0.25) is 5.88 Å². The van der Waals surface area contributed by atoms with Gasteiger partial charge in [0.1, 0.15) is 28.5 Å². The quantitative estimate of drug-likeness (QED) is 0.351. The van der Waals surface area contributed by atoms with Crippen molar-refractivity contribution in [3.63, 3.8) is 0 Å². The lowest BCUT2D eigenvalue weighted by atomic mass is 9.87. The van der Waals surface area contributed by atoms with Crippen molar-refractivity contribution in [2.45, 2.75) is 17.9 Å². The Balaban J connectivity index is 1.74.